The molecule has 4 aromatic carbocycles. The summed E-state index contributed by atoms with van der Waals surface area (Å²) in [7, 11) is 0. The molecule has 0 fully saturated rings. The van der Waals surface area contributed by atoms with Crippen molar-refractivity contribution in [3.8, 4) is 22.3 Å². The van der Waals surface area contributed by atoms with Crippen LogP contribution in [0, 0.1) is 11.8 Å². The van der Waals surface area contributed by atoms with Crippen LogP contribution in [-0.2, 0) is 36.7 Å². The van der Waals surface area contributed by atoms with E-state index in [1.54, 1.807) is 20.8 Å². The van der Waals surface area contributed by atoms with Gasteiger partial charge in [-0.05, 0) is 73.9 Å². The fraction of sp³-hybridized carbons (Fsp3) is 0.357. The second-order valence-corrected chi connectivity index (χ2v) is 13.0. The molecule has 4 rings (SSSR count). The standard InChI is InChI=1S/C21H27NO2.C21H24O3/c2*1-15(2)24-21(23)16(3)13-20(22)14-17-9-11-19(12-10-17)18-7-5-4-6-8-18/h4-12,15-16,20H,13-14,22H2,1-3H3;4-12,15-16H,13-14H2,1-3H3/t16-,20+;16-/m11/s1. The van der Waals surface area contributed by atoms with Gasteiger partial charge in [0.05, 0.1) is 24.0 Å². The minimum atomic E-state index is -0.400. The topological polar surface area (TPSA) is 95.7 Å². The van der Waals surface area contributed by atoms with Crippen LogP contribution >= 0.6 is 0 Å². The van der Waals surface area contributed by atoms with E-state index < -0.39 is 5.92 Å². The van der Waals surface area contributed by atoms with Gasteiger partial charge in [0, 0.05) is 18.9 Å². The third kappa shape index (κ3) is 13.3. The maximum Gasteiger partial charge on any atom is 0.309 e. The monoisotopic (exact) mass is 649 g/mol. The second kappa shape index (κ2) is 19.3. The number of hydrogen-bond acceptors (Lipinski definition) is 6. The number of ketones is 1. The molecule has 0 aliphatic heterocycles. The van der Waals surface area contributed by atoms with Crippen molar-refractivity contribution < 1.29 is 23.9 Å². The molecule has 0 unspecified atom stereocenters. The van der Waals surface area contributed by atoms with Crippen LogP contribution in [0.3, 0.4) is 0 Å². The Labute approximate surface area is 286 Å². The molecule has 254 valence electrons. The molecule has 0 bridgehead atoms. The largest absolute Gasteiger partial charge is 0.463 e. The average Bonchev–Trinajstić information content (AvgIpc) is 3.06. The fourth-order valence-electron chi connectivity index (χ4n) is 5.27. The number of esters is 2. The first-order chi connectivity index (χ1) is 22.9. The molecule has 0 amide bonds. The normalized spacial score (nSPS) is 12.8. The van der Waals surface area contributed by atoms with Gasteiger partial charge < -0.3 is 15.2 Å². The van der Waals surface area contributed by atoms with Gasteiger partial charge >= 0.3 is 11.9 Å². The molecule has 0 aliphatic rings. The number of carbonyl (C=O) groups excluding carboxylic acids is 3. The van der Waals surface area contributed by atoms with Gasteiger partial charge in [0.1, 0.15) is 5.78 Å². The first-order valence-corrected chi connectivity index (χ1v) is 16.9. The quantitative estimate of drug-likeness (QED) is 0.137. The van der Waals surface area contributed by atoms with E-state index in [4.69, 9.17) is 15.2 Å². The van der Waals surface area contributed by atoms with Crippen molar-refractivity contribution in [3.63, 3.8) is 0 Å². The zero-order chi connectivity index (χ0) is 35.1. The summed E-state index contributed by atoms with van der Waals surface area (Å²) in [6, 6.07) is 36.8. The van der Waals surface area contributed by atoms with Crippen LogP contribution in [0.25, 0.3) is 22.3 Å². The van der Waals surface area contributed by atoms with E-state index in [1.165, 1.54) is 16.7 Å². The lowest BCUT2D eigenvalue weighted by atomic mass is 9.95. The maximum atomic E-state index is 12.2. The summed E-state index contributed by atoms with van der Waals surface area (Å²) in [5.41, 5.74) is 13.0. The minimum Gasteiger partial charge on any atom is -0.463 e. The lowest BCUT2D eigenvalue weighted by Crippen LogP contribution is -2.29. The number of nitrogens with two attached hydrogens (primary N) is 1. The fourth-order valence-corrected chi connectivity index (χ4v) is 5.27. The van der Waals surface area contributed by atoms with Crippen LogP contribution in [0.2, 0.25) is 0 Å². The molecule has 48 heavy (non-hydrogen) atoms. The molecule has 0 saturated heterocycles. The number of benzene rings is 4. The summed E-state index contributed by atoms with van der Waals surface area (Å²) >= 11 is 0. The van der Waals surface area contributed by atoms with E-state index in [1.807, 2.05) is 81.4 Å². The number of carbonyl (C=O) groups is 3. The summed E-state index contributed by atoms with van der Waals surface area (Å²) in [6.07, 6.45) is 1.71. The minimum absolute atomic E-state index is 0.0515. The number of hydrogen-bond donors (Lipinski definition) is 1. The Kier molecular flexibility index (Phi) is 15.3. The molecule has 0 aliphatic carbocycles. The van der Waals surface area contributed by atoms with Crippen LogP contribution < -0.4 is 5.73 Å². The third-order valence-corrected chi connectivity index (χ3v) is 7.72. The summed E-state index contributed by atoms with van der Waals surface area (Å²) in [5.74, 6) is -0.997. The highest BCUT2D eigenvalue weighted by Gasteiger charge is 2.20. The summed E-state index contributed by atoms with van der Waals surface area (Å²) < 4.78 is 10.4. The lowest BCUT2D eigenvalue weighted by molar-refractivity contribution is -0.153. The van der Waals surface area contributed by atoms with Crippen LogP contribution in [0.5, 0.6) is 0 Å². The highest BCUT2D eigenvalue weighted by Crippen LogP contribution is 2.22. The second-order valence-electron chi connectivity index (χ2n) is 13.0. The first-order valence-electron chi connectivity index (χ1n) is 16.9. The van der Waals surface area contributed by atoms with Gasteiger partial charge in [-0.2, -0.15) is 0 Å². The van der Waals surface area contributed by atoms with Crippen molar-refractivity contribution in [1.82, 2.24) is 0 Å². The van der Waals surface area contributed by atoms with E-state index in [-0.39, 0.29) is 48.3 Å². The SMILES string of the molecule is CC(C)OC(=O)[C@H](C)CC(=O)Cc1ccc(-c2ccccc2)cc1.CC(C)OC(=O)[C@H](C)C[C@H](N)Cc1ccc(-c2ccccc2)cc1. The van der Waals surface area contributed by atoms with E-state index in [9.17, 15) is 14.4 Å². The van der Waals surface area contributed by atoms with Crippen LogP contribution in [0.15, 0.2) is 109 Å². The van der Waals surface area contributed by atoms with E-state index in [0.29, 0.717) is 12.8 Å². The Balaban J connectivity index is 0.000000260. The number of Topliss-reactive ketones (excluding diaryl/α,β-unsaturated/α-hetero) is 1. The van der Waals surface area contributed by atoms with Gasteiger partial charge in [0.15, 0.2) is 0 Å². The van der Waals surface area contributed by atoms with Crippen LogP contribution in [0.4, 0.5) is 0 Å². The van der Waals surface area contributed by atoms with Gasteiger partial charge in [-0.15, -0.1) is 0 Å². The molecule has 6 nitrogen and oxygen atoms in total. The van der Waals surface area contributed by atoms with Gasteiger partial charge in [-0.3, -0.25) is 14.4 Å². The van der Waals surface area contributed by atoms with Crippen molar-refractivity contribution >= 4 is 17.7 Å². The average molecular weight is 650 g/mol. The Bertz CT molecular complexity index is 1550. The van der Waals surface area contributed by atoms with Crippen LogP contribution in [-0.4, -0.2) is 36.0 Å². The molecule has 0 saturated carbocycles. The van der Waals surface area contributed by atoms with E-state index in [0.717, 1.165) is 23.1 Å². The summed E-state index contributed by atoms with van der Waals surface area (Å²) in [5, 5.41) is 0. The molecule has 2 N–H and O–H groups in total. The molecular formula is C42H51NO5. The molecule has 0 spiro atoms. The van der Waals surface area contributed by atoms with Gasteiger partial charge in [-0.1, -0.05) is 123 Å². The molecule has 0 radical (unpaired) electrons. The van der Waals surface area contributed by atoms with Crippen molar-refractivity contribution in [2.75, 3.05) is 0 Å². The molecule has 3 atom stereocenters. The molecule has 0 heterocycles. The van der Waals surface area contributed by atoms with Crippen molar-refractivity contribution in [1.29, 1.82) is 0 Å². The molecule has 4 aromatic rings. The lowest BCUT2D eigenvalue weighted by Gasteiger charge is -2.18. The van der Waals surface area contributed by atoms with Crippen molar-refractivity contribution in [2.45, 2.75) is 85.5 Å². The van der Waals surface area contributed by atoms with Crippen molar-refractivity contribution in [3.05, 3.63) is 120 Å². The molecule has 6 heteroatoms. The predicted molar refractivity (Wildman–Crippen MR) is 194 cm³/mol. The smallest absolute Gasteiger partial charge is 0.309 e. The number of rotatable bonds is 14. The molecular weight excluding hydrogens is 598 g/mol. The van der Waals surface area contributed by atoms with Gasteiger partial charge in [0.2, 0.25) is 0 Å². The third-order valence-electron chi connectivity index (χ3n) is 7.72. The Morgan fingerprint density at radius 3 is 1.38 bits per heavy atom. The summed E-state index contributed by atoms with van der Waals surface area (Å²) in [4.78, 5) is 35.8. The highest BCUT2D eigenvalue weighted by molar-refractivity contribution is 5.86. The van der Waals surface area contributed by atoms with Gasteiger partial charge in [0.25, 0.3) is 0 Å². The Morgan fingerprint density at radius 2 is 0.938 bits per heavy atom. The predicted octanol–water partition coefficient (Wildman–Crippen LogP) is 8.64. The Morgan fingerprint density at radius 1 is 0.542 bits per heavy atom. The maximum absolute atomic E-state index is 12.2. The summed E-state index contributed by atoms with van der Waals surface area (Å²) in [6.45, 7) is 10.9. The highest BCUT2D eigenvalue weighted by atomic mass is 16.5. The molecule has 0 aromatic heterocycles. The van der Waals surface area contributed by atoms with Gasteiger partial charge in [-0.25, -0.2) is 0 Å². The zero-order valence-electron chi connectivity index (χ0n) is 29.2. The van der Waals surface area contributed by atoms with E-state index in [2.05, 4.69) is 48.5 Å². The zero-order valence-corrected chi connectivity index (χ0v) is 29.2. The van der Waals surface area contributed by atoms with Crippen molar-refractivity contribution in [2.24, 2.45) is 17.6 Å². The first kappa shape index (κ1) is 37.9. The number of ether oxygens (including phenoxy) is 2. The van der Waals surface area contributed by atoms with Crippen LogP contribution in [0.1, 0.15) is 65.5 Å². The van der Waals surface area contributed by atoms with E-state index >= 15 is 0 Å². The Hall–Kier alpha value is -4.55.